The van der Waals surface area contributed by atoms with E-state index in [2.05, 4.69) is 0 Å². The van der Waals surface area contributed by atoms with Gasteiger partial charge in [-0.3, -0.25) is 9.69 Å². The number of amides is 1. The maximum Gasteiger partial charge on any atom is 0.339 e. The molecule has 4 nitrogen and oxygen atoms in total. The smallest absolute Gasteiger partial charge is 0.339 e. The number of esters is 1. The molecule has 3 rings (SSSR count). The number of benzene rings is 3. The lowest BCUT2D eigenvalue weighted by Crippen LogP contribution is -2.27. The van der Waals surface area contributed by atoms with Gasteiger partial charge in [0.25, 0.3) is 5.91 Å². The summed E-state index contributed by atoms with van der Waals surface area (Å²) in [6.07, 6.45) is 0. The number of carbonyl (C=O) groups excluding carboxylic acids is 2. The van der Waals surface area contributed by atoms with Crippen LogP contribution in [0.5, 0.6) is 0 Å². The van der Waals surface area contributed by atoms with Crippen LogP contribution in [-0.2, 0) is 4.74 Å². The predicted molar refractivity (Wildman–Crippen MR) is 102 cm³/mol. The molecule has 0 fully saturated rings. The van der Waals surface area contributed by atoms with Gasteiger partial charge in [0.1, 0.15) is 0 Å². The molecule has 26 heavy (non-hydrogen) atoms. The van der Waals surface area contributed by atoms with Crippen LogP contribution >= 0.6 is 0 Å². The van der Waals surface area contributed by atoms with E-state index >= 15 is 0 Å². The first kappa shape index (κ1) is 17.4. The van der Waals surface area contributed by atoms with Gasteiger partial charge in [0.05, 0.1) is 18.4 Å². The molecule has 0 aliphatic carbocycles. The zero-order valence-electron chi connectivity index (χ0n) is 14.7. The summed E-state index contributed by atoms with van der Waals surface area (Å²) in [5.41, 5.74) is 3.12. The second-order valence-electron chi connectivity index (χ2n) is 5.85. The van der Waals surface area contributed by atoms with E-state index in [4.69, 9.17) is 4.74 Å². The Morgan fingerprint density at radius 1 is 0.808 bits per heavy atom. The quantitative estimate of drug-likeness (QED) is 0.641. The van der Waals surface area contributed by atoms with E-state index in [9.17, 15) is 9.59 Å². The van der Waals surface area contributed by atoms with Gasteiger partial charge in [0, 0.05) is 11.3 Å². The molecule has 0 spiro atoms. The third kappa shape index (κ3) is 3.49. The fourth-order valence-corrected chi connectivity index (χ4v) is 2.72. The molecule has 4 heteroatoms. The van der Waals surface area contributed by atoms with Crippen molar-refractivity contribution >= 4 is 23.3 Å². The second kappa shape index (κ2) is 7.66. The van der Waals surface area contributed by atoms with Crippen molar-refractivity contribution < 1.29 is 14.3 Å². The normalized spacial score (nSPS) is 10.2. The highest BCUT2D eigenvalue weighted by Crippen LogP contribution is 2.31. The Morgan fingerprint density at radius 2 is 1.42 bits per heavy atom. The molecule has 0 aliphatic rings. The average Bonchev–Trinajstić information content (AvgIpc) is 2.70. The third-order valence-corrected chi connectivity index (χ3v) is 4.07. The number of methoxy groups -OCH3 is 1. The maximum absolute atomic E-state index is 13.3. The van der Waals surface area contributed by atoms with Gasteiger partial charge < -0.3 is 4.74 Å². The summed E-state index contributed by atoms with van der Waals surface area (Å²) in [6, 6.07) is 23.5. The Balaban J connectivity index is 2.18. The number of para-hydroxylation sites is 1. The Labute approximate surface area is 152 Å². The molecule has 3 aromatic carbocycles. The third-order valence-electron chi connectivity index (χ3n) is 4.07. The molecule has 0 atom stereocenters. The molecule has 0 N–H and O–H groups in total. The van der Waals surface area contributed by atoms with Crippen LogP contribution in [0.15, 0.2) is 78.9 Å². The van der Waals surface area contributed by atoms with Gasteiger partial charge in [-0.2, -0.15) is 0 Å². The standard InChI is InChI=1S/C22H19NO3/c1-16-12-14-18(15-13-16)23(21(24)17-8-4-3-5-9-17)20-11-7-6-10-19(20)22(25)26-2/h3-15H,1-2H3. The SMILES string of the molecule is COC(=O)c1ccccc1N(C(=O)c1ccccc1)c1ccc(C)cc1. The first-order valence-electron chi connectivity index (χ1n) is 8.25. The summed E-state index contributed by atoms with van der Waals surface area (Å²) in [5, 5.41) is 0. The van der Waals surface area contributed by atoms with Crippen molar-refractivity contribution in [3.63, 3.8) is 0 Å². The lowest BCUT2D eigenvalue weighted by molar-refractivity contribution is 0.0601. The highest BCUT2D eigenvalue weighted by molar-refractivity contribution is 6.13. The van der Waals surface area contributed by atoms with Crippen LogP contribution in [0.25, 0.3) is 0 Å². The highest BCUT2D eigenvalue weighted by atomic mass is 16.5. The number of ether oxygens (including phenoxy) is 1. The van der Waals surface area contributed by atoms with Crippen LogP contribution in [0.3, 0.4) is 0 Å². The summed E-state index contributed by atoms with van der Waals surface area (Å²) in [4.78, 5) is 27.0. The van der Waals surface area contributed by atoms with Crippen molar-refractivity contribution in [3.8, 4) is 0 Å². The van der Waals surface area contributed by atoms with E-state index in [0.717, 1.165) is 5.56 Å². The number of hydrogen-bond donors (Lipinski definition) is 0. The van der Waals surface area contributed by atoms with Crippen LogP contribution in [0.2, 0.25) is 0 Å². The van der Waals surface area contributed by atoms with Crippen LogP contribution < -0.4 is 4.90 Å². The molecule has 0 radical (unpaired) electrons. The highest BCUT2D eigenvalue weighted by Gasteiger charge is 2.24. The Kier molecular flexibility index (Phi) is 5.13. The van der Waals surface area contributed by atoms with Gasteiger partial charge in [-0.1, -0.05) is 48.0 Å². The van der Waals surface area contributed by atoms with Crippen LogP contribution in [-0.4, -0.2) is 19.0 Å². The first-order chi connectivity index (χ1) is 12.6. The zero-order chi connectivity index (χ0) is 18.5. The molecule has 0 aromatic heterocycles. The van der Waals surface area contributed by atoms with Crippen molar-refractivity contribution in [2.24, 2.45) is 0 Å². The number of nitrogens with zero attached hydrogens (tertiary/aromatic N) is 1. The van der Waals surface area contributed by atoms with E-state index < -0.39 is 5.97 Å². The molecule has 0 saturated carbocycles. The molecule has 0 aliphatic heterocycles. The first-order valence-corrected chi connectivity index (χ1v) is 8.25. The number of anilines is 2. The summed E-state index contributed by atoms with van der Waals surface area (Å²) in [6.45, 7) is 1.98. The van der Waals surface area contributed by atoms with Crippen molar-refractivity contribution in [1.29, 1.82) is 0 Å². The topological polar surface area (TPSA) is 46.6 Å². The molecule has 0 saturated heterocycles. The zero-order valence-corrected chi connectivity index (χ0v) is 14.7. The van der Waals surface area contributed by atoms with Gasteiger partial charge in [0.2, 0.25) is 0 Å². The van der Waals surface area contributed by atoms with Crippen LogP contribution in [0, 0.1) is 6.92 Å². The fraction of sp³-hybridized carbons (Fsp3) is 0.0909. The Morgan fingerprint density at radius 3 is 2.08 bits per heavy atom. The molecule has 0 unspecified atom stereocenters. The predicted octanol–water partition coefficient (Wildman–Crippen LogP) is 4.76. The van der Waals surface area contributed by atoms with Crippen molar-refractivity contribution in [2.75, 3.05) is 12.0 Å². The van der Waals surface area contributed by atoms with E-state index in [-0.39, 0.29) is 5.91 Å². The number of hydrogen-bond acceptors (Lipinski definition) is 3. The molecular weight excluding hydrogens is 326 g/mol. The fourth-order valence-electron chi connectivity index (χ4n) is 2.72. The van der Waals surface area contributed by atoms with Crippen molar-refractivity contribution in [2.45, 2.75) is 6.92 Å². The average molecular weight is 345 g/mol. The minimum Gasteiger partial charge on any atom is -0.465 e. The van der Waals surface area contributed by atoms with Gasteiger partial charge in [-0.15, -0.1) is 0 Å². The summed E-state index contributed by atoms with van der Waals surface area (Å²) in [5.74, 6) is -0.704. The Bertz CT molecular complexity index is 918. The minimum absolute atomic E-state index is 0.217. The van der Waals surface area contributed by atoms with Crippen LogP contribution in [0.4, 0.5) is 11.4 Å². The van der Waals surface area contributed by atoms with Gasteiger partial charge in [0.15, 0.2) is 0 Å². The number of carbonyl (C=O) groups is 2. The van der Waals surface area contributed by atoms with Crippen LogP contribution in [0.1, 0.15) is 26.3 Å². The molecule has 0 heterocycles. The summed E-state index contributed by atoms with van der Waals surface area (Å²) < 4.78 is 4.89. The van der Waals surface area contributed by atoms with Crippen molar-refractivity contribution in [3.05, 3.63) is 95.6 Å². The number of rotatable bonds is 4. The van der Waals surface area contributed by atoms with E-state index in [0.29, 0.717) is 22.5 Å². The molecule has 0 bridgehead atoms. The van der Waals surface area contributed by atoms with E-state index in [1.807, 2.05) is 49.4 Å². The molecule has 130 valence electrons. The van der Waals surface area contributed by atoms with Crippen molar-refractivity contribution in [1.82, 2.24) is 0 Å². The lowest BCUT2D eigenvalue weighted by atomic mass is 10.1. The van der Waals surface area contributed by atoms with Gasteiger partial charge in [-0.25, -0.2) is 4.79 Å². The van der Waals surface area contributed by atoms with E-state index in [1.54, 1.807) is 41.3 Å². The maximum atomic E-state index is 13.3. The monoisotopic (exact) mass is 345 g/mol. The summed E-state index contributed by atoms with van der Waals surface area (Å²) in [7, 11) is 1.33. The molecule has 3 aromatic rings. The Hall–Kier alpha value is -3.40. The van der Waals surface area contributed by atoms with Gasteiger partial charge in [-0.05, 0) is 43.3 Å². The van der Waals surface area contributed by atoms with E-state index in [1.165, 1.54) is 7.11 Å². The largest absolute Gasteiger partial charge is 0.465 e. The summed E-state index contributed by atoms with van der Waals surface area (Å²) >= 11 is 0. The second-order valence-corrected chi connectivity index (χ2v) is 5.85. The van der Waals surface area contributed by atoms with Gasteiger partial charge >= 0.3 is 5.97 Å². The lowest BCUT2D eigenvalue weighted by Gasteiger charge is -2.25. The minimum atomic E-state index is -0.487. The molecular formula is C22H19NO3. The molecule has 1 amide bonds. The number of aryl methyl sites for hydroxylation is 1.